The zero-order chi connectivity index (χ0) is 9.97. The molecule has 72 valence electrons. The number of alkyl halides is 1. The number of aromatic amines is 1. The van der Waals surface area contributed by atoms with Crippen LogP contribution in [0.1, 0.15) is 11.3 Å². The quantitative estimate of drug-likeness (QED) is 0.815. The van der Waals surface area contributed by atoms with Crippen molar-refractivity contribution in [3.8, 4) is 11.3 Å². The van der Waals surface area contributed by atoms with Gasteiger partial charge in [-0.15, -0.1) is 0 Å². The van der Waals surface area contributed by atoms with E-state index >= 15 is 0 Å². The Hall–Kier alpha value is -1.09. The second kappa shape index (κ2) is 3.96. The van der Waals surface area contributed by atoms with Crippen LogP contribution < -0.4 is 0 Å². The third kappa shape index (κ3) is 1.87. The van der Waals surface area contributed by atoms with Gasteiger partial charge in [0.2, 0.25) is 0 Å². The molecule has 0 unspecified atom stereocenters. The van der Waals surface area contributed by atoms with Gasteiger partial charge < -0.3 is 0 Å². The Kier molecular flexibility index (Phi) is 2.68. The van der Waals surface area contributed by atoms with Gasteiger partial charge in [0, 0.05) is 16.6 Å². The summed E-state index contributed by atoms with van der Waals surface area (Å²) in [6.45, 7) is 2.00. The molecule has 1 aromatic carbocycles. The summed E-state index contributed by atoms with van der Waals surface area (Å²) in [6.07, 6.45) is 0. The largest absolute Gasteiger partial charge is 0.282 e. The van der Waals surface area contributed by atoms with Crippen LogP contribution in [-0.4, -0.2) is 10.2 Å². The molecule has 2 aromatic rings. The van der Waals surface area contributed by atoms with Crippen molar-refractivity contribution in [2.75, 3.05) is 0 Å². The predicted octanol–water partition coefficient (Wildman–Crippen LogP) is 3.28. The van der Waals surface area contributed by atoms with Gasteiger partial charge in [-0.05, 0) is 18.6 Å². The fourth-order valence-corrected chi connectivity index (χ4v) is 1.70. The van der Waals surface area contributed by atoms with Crippen molar-refractivity contribution in [2.45, 2.75) is 12.3 Å². The second-order valence-electron chi connectivity index (χ2n) is 3.27. The monoisotopic (exact) mass is 250 g/mol. The van der Waals surface area contributed by atoms with Crippen LogP contribution in [0.15, 0.2) is 30.3 Å². The summed E-state index contributed by atoms with van der Waals surface area (Å²) < 4.78 is 0. The molecular weight excluding hydrogens is 240 g/mol. The van der Waals surface area contributed by atoms with Crippen LogP contribution in [0.4, 0.5) is 0 Å². The van der Waals surface area contributed by atoms with Crippen molar-refractivity contribution >= 4 is 15.9 Å². The number of nitrogens with one attached hydrogen (secondary N) is 1. The minimum atomic E-state index is 0.896. The number of hydrogen-bond acceptors (Lipinski definition) is 1. The summed E-state index contributed by atoms with van der Waals surface area (Å²) in [5.74, 6) is 0. The van der Waals surface area contributed by atoms with E-state index < -0.39 is 0 Å². The first-order valence-electron chi connectivity index (χ1n) is 4.47. The Morgan fingerprint density at radius 3 is 2.50 bits per heavy atom. The van der Waals surface area contributed by atoms with Crippen LogP contribution in [0.25, 0.3) is 11.3 Å². The van der Waals surface area contributed by atoms with Gasteiger partial charge in [-0.3, -0.25) is 5.10 Å². The van der Waals surface area contributed by atoms with E-state index in [0.717, 1.165) is 22.3 Å². The van der Waals surface area contributed by atoms with Crippen LogP contribution in [0.5, 0.6) is 0 Å². The van der Waals surface area contributed by atoms with Crippen molar-refractivity contribution in [1.29, 1.82) is 0 Å². The average molecular weight is 251 g/mol. The molecule has 0 fully saturated rings. The maximum atomic E-state index is 4.20. The summed E-state index contributed by atoms with van der Waals surface area (Å²) in [6, 6.07) is 10.4. The lowest BCUT2D eigenvalue weighted by molar-refractivity contribution is 1.05. The summed E-state index contributed by atoms with van der Waals surface area (Å²) in [5.41, 5.74) is 4.52. The van der Waals surface area contributed by atoms with Crippen molar-refractivity contribution in [3.05, 3.63) is 41.6 Å². The highest BCUT2D eigenvalue weighted by Crippen LogP contribution is 2.18. The number of nitrogens with zero attached hydrogens (tertiary/aromatic N) is 1. The molecule has 0 saturated heterocycles. The van der Waals surface area contributed by atoms with Crippen molar-refractivity contribution < 1.29 is 0 Å². The molecule has 0 aliphatic rings. The van der Waals surface area contributed by atoms with Gasteiger partial charge in [-0.1, -0.05) is 40.2 Å². The van der Waals surface area contributed by atoms with E-state index in [0.29, 0.717) is 0 Å². The lowest BCUT2D eigenvalue weighted by atomic mass is 10.1. The normalized spacial score (nSPS) is 10.4. The zero-order valence-corrected chi connectivity index (χ0v) is 9.51. The average Bonchev–Trinajstić information content (AvgIpc) is 2.65. The molecule has 0 aliphatic heterocycles. The molecule has 2 nitrogen and oxygen atoms in total. The maximum Gasteiger partial charge on any atom is 0.0923 e. The van der Waals surface area contributed by atoms with Crippen LogP contribution in [-0.2, 0) is 5.33 Å². The van der Waals surface area contributed by atoms with Crippen molar-refractivity contribution in [1.82, 2.24) is 10.2 Å². The third-order valence-electron chi connectivity index (χ3n) is 2.11. The van der Waals surface area contributed by atoms with E-state index in [4.69, 9.17) is 0 Å². The molecule has 1 N–H and O–H groups in total. The first-order chi connectivity index (χ1) is 6.79. The molecule has 2 rings (SSSR count). The first kappa shape index (κ1) is 9.46. The minimum Gasteiger partial charge on any atom is -0.282 e. The highest BCUT2D eigenvalue weighted by atomic mass is 79.9. The fourth-order valence-electron chi connectivity index (χ4n) is 1.33. The standard InChI is InChI=1S/C11H11BrN2/c1-8-6-11(14-13-8)10-4-2-9(7-12)3-5-10/h2-6H,7H2,1H3,(H,13,14). The molecule has 0 spiro atoms. The van der Waals surface area contributed by atoms with Gasteiger partial charge in [0.1, 0.15) is 0 Å². The molecule has 0 bridgehead atoms. The number of rotatable bonds is 2. The molecule has 3 heteroatoms. The van der Waals surface area contributed by atoms with Crippen molar-refractivity contribution in [2.24, 2.45) is 0 Å². The Labute approximate surface area is 91.5 Å². The molecule has 0 aliphatic carbocycles. The van der Waals surface area contributed by atoms with Gasteiger partial charge in [-0.2, -0.15) is 5.10 Å². The van der Waals surface area contributed by atoms with Crippen LogP contribution in [0.2, 0.25) is 0 Å². The smallest absolute Gasteiger partial charge is 0.0923 e. The number of hydrogen-bond donors (Lipinski definition) is 1. The molecule has 0 saturated carbocycles. The summed E-state index contributed by atoms with van der Waals surface area (Å²) in [5, 5.41) is 8.04. The molecular formula is C11H11BrN2. The maximum absolute atomic E-state index is 4.20. The summed E-state index contributed by atoms with van der Waals surface area (Å²) >= 11 is 3.42. The molecule has 14 heavy (non-hydrogen) atoms. The van der Waals surface area contributed by atoms with Gasteiger partial charge in [0.05, 0.1) is 5.69 Å². The highest BCUT2D eigenvalue weighted by molar-refractivity contribution is 9.08. The molecule has 0 amide bonds. The molecule has 1 aromatic heterocycles. The number of benzene rings is 1. The number of halogens is 1. The Morgan fingerprint density at radius 2 is 2.00 bits per heavy atom. The molecule has 1 heterocycles. The number of aryl methyl sites for hydroxylation is 1. The SMILES string of the molecule is Cc1cc(-c2ccc(CBr)cc2)n[nH]1. The first-order valence-corrected chi connectivity index (χ1v) is 5.59. The van der Waals surface area contributed by atoms with Crippen LogP contribution in [0, 0.1) is 6.92 Å². The van der Waals surface area contributed by atoms with Crippen LogP contribution >= 0.6 is 15.9 Å². The Morgan fingerprint density at radius 1 is 1.29 bits per heavy atom. The Bertz CT molecular complexity index is 417. The number of aromatic nitrogens is 2. The highest BCUT2D eigenvalue weighted by Gasteiger charge is 2.00. The van der Waals surface area contributed by atoms with E-state index in [-0.39, 0.29) is 0 Å². The van der Waals surface area contributed by atoms with E-state index in [1.54, 1.807) is 0 Å². The van der Waals surface area contributed by atoms with Gasteiger partial charge in [0.15, 0.2) is 0 Å². The summed E-state index contributed by atoms with van der Waals surface area (Å²) in [4.78, 5) is 0. The topological polar surface area (TPSA) is 28.7 Å². The van der Waals surface area contributed by atoms with Gasteiger partial charge in [-0.25, -0.2) is 0 Å². The Balaban J connectivity index is 2.33. The molecule has 0 radical (unpaired) electrons. The third-order valence-corrected chi connectivity index (χ3v) is 2.76. The number of H-pyrrole nitrogens is 1. The van der Waals surface area contributed by atoms with Crippen molar-refractivity contribution in [3.63, 3.8) is 0 Å². The van der Waals surface area contributed by atoms with E-state index in [9.17, 15) is 0 Å². The minimum absolute atomic E-state index is 0.896. The van der Waals surface area contributed by atoms with E-state index in [2.05, 4.69) is 50.4 Å². The molecule has 0 atom stereocenters. The second-order valence-corrected chi connectivity index (χ2v) is 3.83. The van der Waals surface area contributed by atoms with Gasteiger partial charge in [0.25, 0.3) is 0 Å². The van der Waals surface area contributed by atoms with Gasteiger partial charge >= 0.3 is 0 Å². The lowest BCUT2D eigenvalue weighted by Gasteiger charge is -1.97. The predicted molar refractivity (Wildman–Crippen MR) is 61.4 cm³/mol. The summed E-state index contributed by atoms with van der Waals surface area (Å²) in [7, 11) is 0. The zero-order valence-electron chi connectivity index (χ0n) is 7.92. The van der Waals surface area contributed by atoms with E-state index in [1.165, 1.54) is 5.56 Å². The lowest BCUT2D eigenvalue weighted by Crippen LogP contribution is -1.80. The van der Waals surface area contributed by atoms with Crippen LogP contribution in [0.3, 0.4) is 0 Å². The van der Waals surface area contributed by atoms with E-state index in [1.807, 2.05) is 13.0 Å². The fraction of sp³-hybridized carbons (Fsp3) is 0.182.